The number of carbonyl (C=O) groups is 2. The van der Waals surface area contributed by atoms with Crippen molar-refractivity contribution in [1.29, 1.82) is 0 Å². The van der Waals surface area contributed by atoms with Crippen molar-refractivity contribution in [3.8, 4) is 0 Å². The van der Waals surface area contributed by atoms with E-state index < -0.39 is 12.1 Å². The Morgan fingerprint density at radius 3 is 1.20 bits per heavy atom. The molecule has 0 aromatic carbocycles. The third-order valence-corrected chi connectivity index (χ3v) is 10.7. The summed E-state index contributed by atoms with van der Waals surface area (Å²) in [5.41, 5.74) is 0. The molecule has 6 heteroatoms. The Bertz CT molecular complexity index is 717. The number of aliphatic hydroxyl groups excluding tert-OH is 2. The SMILES string of the molecule is CCCCCCCCCCCCCCCCC(=O)OCCCCCCCCCCCCCC(=O)NC(CO)C(O)CCCCCCCCCCC. The highest BCUT2D eigenvalue weighted by Crippen LogP contribution is 2.16. The Balaban J connectivity index is 3.43. The number of amides is 1. The molecule has 3 N–H and O–H groups in total. The summed E-state index contributed by atoms with van der Waals surface area (Å²) in [6.07, 6.45) is 43.4. The van der Waals surface area contributed by atoms with E-state index in [2.05, 4.69) is 19.2 Å². The van der Waals surface area contributed by atoms with Gasteiger partial charge in [-0.2, -0.15) is 0 Å². The minimum atomic E-state index is -0.672. The summed E-state index contributed by atoms with van der Waals surface area (Å²) >= 11 is 0. The topological polar surface area (TPSA) is 95.9 Å². The highest BCUT2D eigenvalue weighted by molar-refractivity contribution is 5.76. The summed E-state index contributed by atoms with van der Waals surface area (Å²) in [5.74, 6) is -0.0673. The van der Waals surface area contributed by atoms with Crippen LogP contribution >= 0.6 is 0 Å². The van der Waals surface area contributed by atoms with E-state index in [-0.39, 0.29) is 18.5 Å². The molecule has 0 fully saturated rings. The van der Waals surface area contributed by atoms with E-state index in [0.717, 1.165) is 57.8 Å². The van der Waals surface area contributed by atoms with Gasteiger partial charge in [0.2, 0.25) is 5.91 Å². The number of hydrogen-bond donors (Lipinski definition) is 3. The highest BCUT2D eigenvalue weighted by Gasteiger charge is 2.20. The van der Waals surface area contributed by atoms with Crippen LogP contribution in [0.1, 0.15) is 251 Å². The molecule has 6 nitrogen and oxygen atoms in total. The van der Waals surface area contributed by atoms with Crippen LogP contribution in [0.4, 0.5) is 0 Å². The van der Waals surface area contributed by atoms with Crippen LogP contribution in [0.3, 0.4) is 0 Å². The van der Waals surface area contributed by atoms with Gasteiger partial charge in [-0.3, -0.25) is 9.59 Å². The van der Waals surface area contributed by atoms with Crippen molar-refractivity contribution in [3.05, 3.63) is 0 Å². The van der Waals surface area contributed by atoms with Crippen LogP contribution in [0.15, 0.2) is 0 Å². The molecule has 0 saturated carbocycles. The monoisotopic (exact) mass is 724 g/mol. The van der Waals surface area contributed by atoms with Crippen molar-refractivity contribution >= 4 is 11.9 Å². The van der Waals surface area contributed by atoms with Gasteiger partial charge < -0.3 is 20.3 Å². The summed E-state index contributed by atoms with van der Waals surface area (Å²) in [7, 11) is 0. The summed E-state index contributed by atoms with van der Waals surface area (Å²) < 4.78 is 5.45. The third-order valence-electron chi connectivity index (χ3n) is 10.7. The maximum Gasteiger partial charge on any atom is 0.305 e. The molecule has 0 heterocycles. The number of unbranched alkanes of at least 4 members (excludes halogenated alkanes) is 31. The number of ether oxygens (including phenoxy) is 1. The number of nitrogens with one attached hydrogen (secondary N) is 1. The summed E-state index contributed by atoms with van der Waals surface area (Å²) in [6.45, 7) is 4.89. The average molecular weight is 724 g/mol. The number of aliphatic hydroxyl groups is 2. The minimum absolute atomic E-state index is 0.0118. The van der Waals surface area contributed by atoms with Crippen LogP contribution in [-0.2, 0) is 14.3 Å². The summed E-state index contributed by atoms with van der Waals surface area (Å²) in [6, 6.07) is -0.551. The molecule has 0 radical (unpaired) electrons. The van der Waals surface area contributed by atoms with E-state index in [1.54, 1.807) is 0 Å². The first-order valence-corrected chi connectivity index (χ1v) is 22.8. The highest BCUT2D eigenvalue weighted by atomic mass is 16.5. The molecule has 2 atom stereocenters. The third kappa shape index (κ3) is 38.4. The van der Waals surface area contributed by atoms with Crippen LogP contribution in [0, 0.1) is 0 Å². The summed E-state index contributed by atoms with van der Waals surface area (Å²) in [5, 5.41) is 23.0. The number of hydrogen-bond acceptors (Lipinski definition) is 5. The Morgan fingerprint density at radius 2 is 0.804 bits per heavy atom. The van der Waals surface area contributed by atoms with Crippen molar-refractivity contribution < 1.29 is 24.5 Å². The second kappa shape index (κ2) is 41.6. The zero-order valence-corrected chi connectivity index (χ0v) is 34.4. The number of rotatable bonds is 42. The van der Waals surface area contributed by atoms with Gasteiger partial charge in [-0.05, 0) is 25.7 Å². The van der Waals surface area contributed by atoms with Gasteiger partial charge >= 0.3 is 5.97 Å². The van der Waals surface area contributed by atoms with Gasteiger partial charge in [-0.25, -0.2) is 0 Å². The lowest BCUT2D eigenvalue weighted by Crippen LogP contribution is -2.45. The van der Waals surface area contributed by atoms with Crippen LogP contribution in [0.5, 0.6) is 0 Å². The zero-order valence-electron chi connectivity index (χ0n) is 34.4. The second-order valence-electron chi connectivity index (χ2n) is 15.7. The Labute approximate surface area is 317 Å². The Hall–Kier alpha value is -1.14. The van der Waals surface area contributed by atoms with Gasteiger partial charge in [0.15, 0.2) is 0 Å². The van der Waals surface area contributed by atoms with E-state index in [4.69, 9.17) is 4.74 Å². The molecule has 304 valence electrons. The largest absolute Gasteiger partial charge is 0.466 e. The maximum absolute atomic E-state index is 12.4. The first kappa shape index (κ1) is 49.9. The molecule has 2 unspecified atom stereocenters. The lowest BCUT2D eigenvalue weighted by atomic mass is 10.0. The predicted molar refractivity (Wildman–Crippen MR) is 218 cm³/mol. The molecule has 0 aromatic rings. The molecule has 0 aliphatic carbocycles. The number of carbonyl (C=O) groups excluding carboxylic acids is 2. The molecular weight excluding hydrogens is 634 g/mol. The van der Waals surface area contributed by atoms with Crippen molar-refractivity contribution in [1.82, 2.24) is 5.32 Å². The fraction of sp³-hybridized carbons (Fsp3) is 0.956. The van der Waals surface area contributed by atoms with Gasteiger partial charge in [-0.15, -0.1) is 0 Å². The van der Waals surface area contributed by atoms with Crippen molar-refractivity contribution in [3.63, 3.8) is 0 Å². The molecule has 0 aromatic heterocycles. The van der Waals surface area contributed by atoms with Crippen molar-refractivity contribution in [2.75, 3.05) is 13.2 Å². The molecule has 0 aliphatic heterocycles. The molecule has 0 rings (SSSR count). The second-order valence-corrected chi connectivity index (χ2v) is 15.7. The average Bonchev–Trinajstić information content (AvgIpc) is 3.13. The Kier molecular flexibility index (Phi) is 40.7. The van der Waals surface area contributed by atoms with E-state index in [9.17, 15) is 19.8 Å². The lowest BCUT2D eigenvalue weighted by Gasteiger charge is -2.22. The van der Waals surface area contributed by atoms with Crippen LogP contribution in [-0.4, -0.2) is 47.4 Å². The Morgan fingerprint density at radius 1 is 0.471 bits per heavy atom. The smallest absolute Gasteiger partial charge is 0.305 e. The van der Waals surface area contributed by atoms with Crippen molar-refractivity contribution in [2.45, 2.75) is 264 Å². The van der Waals surface area contributed by atoms with Crippen LogP contribution in [0.25, 0.3) is 0 Å². The quantitative estimate of drug-likeness (QED) is 0.0430. The molecule has 0 saturated heterocycles. The molecule has 0 spiro atoms. The maximum atomic E-state index is 12.4. The lowest BCUT2D eigenvalue weighted by molar-refractivity contribution is -0.143. The molecule has 51 heavy (non-hydrogen) atoms. The standard InChI is InChI=1S/C45H89NO5/c1-3-5-7-9-11-13-14-15-16-19-23-27-31-35-39-45(50)51-40-36-32-28-24-20-17-18-22-26-30-34-38-44(49)46-42(41-47)43(48)37-33-29-25-21-12-10-8-6-4-2/h42-43,47-48H,3-41H2,1-2H3,(H,46,49). The number of esters is 1. The fourth-order valence-corrected chi connectivity index (χ4v) is 7.11. The molecular formula is C45H89NO5. The van der Waals surface area contributed by atoms with Gasteiger partial charge in [0.1, 0.15) is 0 Å². The zero-order chi connectivity index (χ0) is 37.3. The van der Waals surface area contributed by atoms with Gasteiger partial charge in [0.05, 0.1) is 25.4 Å². The van der Waals surface area contributed by atoms with Gasteiger partial charge in [0, 0.05) is 12.8 Å². The first-order chi connectivity index (χ1) is 25.0. The van der Waals surface area contributed by atoms with E-state index in [1.165, 1.54) is 161 Å². The van der Waals surface area contributed by atoms with E-state index in [0.29, 0.717) is 25.9 Å². The molecule has 0 aliphatic rings. The van der Waals surface area contributed by atoms with Gasteiger partial charge in [0.25, 0.3) is 0 Å². The fourth-order valence-electron chi connectivity index (χ4n) is 7.11. The molecule has 0 bridgehead atoms. The normalized spacial score (nSPS) is 12.6. The van der Waals surface area contributed by atoms with Crippen LogP contribution in [0.2, 0.25) is 0 Å². The van der Waals surface area contributed by atoms with Crippen molar-refractivity contribution in [2.24, 2.45) is 0 Å². The van der Waals surface area contributed by atoms with Gasteiger partial charge in [-0.1, -0.05) is 213 Å². The molecule has 1 amide bonds. The van der Waals surface area contributed by atoms with Crippen LogP contribution < -0.4 is 5.32 Å². The minimum Gasteiger partial charge on any atom is -0.466 e. The van der Waals surface area contributed by atoms with E-state index in [1.807, 2.05) is 0 Å². The summed E-state index contributed by atoms with van der Waals surface area (Å²) in [4.78, 5) is 24.3. The first-order valence-electron chi connectivity index (χ1n) is 22.8. The van der Waals surface area contributed by atoms with E-state index >= 15 is 0 Å². The predicted octanol–water partition coefficient (Wildman–Crippen LogP) is 12.8.